The lowest BCUT2D eigenvalue weighted by Gasteiger charge is -2.51. The number of carbonyl (C=O) groups is 1. The van der Waals surface area contributed by atoms with Gasteiger partial charge in [0.1, 0.15) is 18.3 Å². The summed E-state index contributed by atoms with van der Waals surface area (Å²) in [6.07, 6.45) is -4.77. The third-order valence-corrected chi connectivity index (χ3v) is 6.04. The Morgan fingerprint density at radius 3 is 2.12 bits per heavy atom. The Morgan fingerprint density at radius 2 is 1.58 bits per heavy atom. The van der Waals surface area contributed by atoms with E-state index in [0.29, 0.717) is 26.3 Å². The molecule has 4 rings (SSSR count). The molecular formula is C17H30N2O7. The fourth-order valence-corrected chi connectivity index (χ4v) is 4.49. The highest BCUT2D eigenvalue weighted by Crippen LogP contribution is 2.34. The van der Waals surface area contributed by atoms with Gasteiger partial charge in [-0.1, -0.05) is 0 Å². The van der Waals surface area contributed by atoms with Crippen LogP contribution in [-0.2, 0) is 9.53 Å². The minimum Gasteiger partial charge on any atom is -0.394 e. The van der Waals surface area contributed by atoms with Crippen LogP contribution in [0.5, 0.6) is 0 Å². The first-order valence-electron chi connectivity index (χ1n) is 9.38. The topological polar surface area (TPSA) is 134 Å². The van der Waals surface area contributed by atoms with E-state index in [1.54, 1.807) is 0 Å². The van der Waals surface area contributed by atoms with Gasteiger partial charge in [-0.2, -0.15) is 0 Å². The number of hydrogen-bond acceptors (Lipinski definition) is 9. The number of ketones is 1. The van der Waals surface area contributed by atoms with Gasteiger partial charge in [-0.3, -0.25) is 14.6 Å². The van der Waals surface area contributed by atoms with Gasteiger partial charge < -0.3 is 30.3 Å². The molecule has 150 valence electrons. The first-order valence-corrected chi connectivity index (χ1v) is 9.38. The number of hydrogen-bond donors (Lipinski definition) is 5. The highest BCUT2D eigenvalue weighted by molar-refractivity contribution is 5.88. The zero-order valence-corrected chi connectivity index (χ0v) is 14.9. The molecule has 6 atom stereocenters. The Hall–Kier alpha value is -0.650. The summed E-state index contributed by atoms with van der Waals surface area (Å²) in [5.74, 6) is 0.0493. The Kier molecular flexibility index (Phi) is 6.63. The van der Waals surface area contributed by atoms with Crippen molar-refractivity contribution in [1.82, 2.24) is 9.80 Å². The monoisotopic (exact) mass is 374 g/mol. The summed E-state index contributed by atoms with van der Waals surface area (Å²) in [5.41, 5.74) is 0. The van der Waals surface area contributed by atoms with Crippen molar-refractivity contribution in [1.29, 1.82) is 0 Å². The standard InChI is InChI=1S/C17H30N2O7/c20-9-11(21)15(23)17(25)16(24)13(19-5-7-26-8-6-19)12-14(22)10-1-3-18(12)4-2-10/h10-13,15-17,20-21,23-25H,1-9H2/t11-,12-,13-,15-,16+,17+/m1/s1. The fraction of sp³-hybridized carbons (Fsp3) is 0.941. The summed E-state index contributed by atoms with van der Waals surface area (Å²) in [7, 11) is 0. The molecule has 5 N–H and O–H groups in total. The van der Waals surface area contributed by atoms with Crippen LogP contribution in [0.15, 0.2) is 0 Å². The number of morpholine rings is 1. The SMILES string of the molecule is O=C1C2CCN(CC2)[C@@H]1[C@H]([C@H](O)[C@@H](O)[C@H](O)[C@H](O)CO)N1CCOCC1. The van der Waals surface area contributed by atoms with Crippen molar-refractivity contribution in [3.05, 3.63) is 0 Å². The van der Waals surface area contributed by atoms with E-state index in [4.69, 9.17) is 9.84 Å². The summed E-state index contributed by atoms with van der Waals surface area (Å²) in [6, 6.07) is -1.26. The number of aliphatic hydroxyl groups excluding tert-OH is 5. The van der Waals surface area contributed by atoms with Gasteiger partial charge in [0.15, 0.2) is 5.78 Å². The van der Waals surface area contributed by atoms with Gasteiger partial charge in [0.2, 0.25) is 0 Å². The summed E-state index contributed by atoms with van der Waals surface area (Å²) in [5, 5.41) is 50.0. The maximum Gasteiger partial charge on any atom is 0.154 e. The molecule has 26 heavy (non-hydrogen) atoms. The third-order valence-electron chi connectivity index (χ3n) is 6.04. The zero-order valence-electron chi connectivity index (χ0n) is 14.9. The molecule has 0 aromatic heterocycles. The molecule has 4 aliphatic rings. The Bertz CT molecular complexity index is 480. The smallest absolute Gasteiger partial charge is 0.154 e. The van der Waals surface area contributed by atoms with Crippen molar-refractivity contribution < 1.29 is 35.1 Å². The van der Waals surface area contributed by atoms with Crippen LogP contribution in [0.3, 0.4) is 0 Å². The maximum atomic E-state index is 12.9. The van der Waals surface area contributed by atoms with Gasteiger partial charge in [-0.25, -0.2) is 0 Å². The van der Waals surface area contributed by atoms with Crippen molar-refractivity contribution in [2.24, 2.45) is 5.92 Å². The predicted octanol–water partition coefficient (Wildman–Crippen LogP) is -3.21. The van der Waals surface area contributed by atoms with Gasteiger partial charge in [0, 0.05) is 19.0 Å². The summed E-state index contributed by atoms with van der Waals surface area (Å²) >= 11 is 0. The van der Waals surface area contributed by atoms with Crippen LogP contribution in [0.25, 0.3) is 0 Å². The van der Waals surface area contributed by atoms with E-state index in [9.17, 15) is 25.2 Å². The van der Waals surface area contributed by atoms with Crippen molar-refractivity contribution in [3.63, 3.8) is 0 Å². The van der Waals surface area contributed by atoms with Crippen LogP contribution < -0.4 is 0 Å². The van der Waals surface area contributed by atoms with E-state index in [-0.39, 0.29) is 11.7 Å². The van der Waals surface area contributed by atoms with E-state index >= 15 is 0 Å². The van der Waals surface area contributed by atoms with E-state index in [1.807, 2.05) is 9.80 Å². The number of ether oxygens (including phenoxy) is 1. The molecule has 0 radical (unpaired) electrons. The second-order valence-electron chi connectivity index (χ2n) is 7.52. The number of rotatable bonds is 7. The molecule has 4 heterocycles. The lowest BCUT2D eigenvalue weighted by molar-refractivity contribution is -0.164. The molecule has 0 aromatic rings. The fourth-order valence-electron chi connectivity index (χ4n) is 4.49. The number of fused-ring (bicyclic) bond motifs is 3. The van der Waals surface area contributed by atoms with Crippen molar-refractivity contribution in [2.75, 3.05) is 46.0 Å². The van der Waals surface area contributed by atoms with E-state index < -0.39 is 43.1 Å². The number of carbonyl (C=O) groups excluding carboxylic acids is 1. The highest BCUT2D eigenvalue weighted by Gasteiger charge is 2.51. The molecule has 0 spiro atoms. The molecule has 0 unspecified atom stereocenters. The zero-order chi connectivity index (χ0) is 18.8. The van der Waals surface area contributed by atoms with Crippen molar-refractivity contribution in [2.45, 2.75) is 49.3 Å². The van der Waals surface area contributed by atoms with Crippen LogP contribution in [0.4, 0.5) is 0 Å². The summed E-state index contributed by atoms with van der Waals surface area (Å²) in [4.78, 5) is 16.9. The molecule has 0 saturated carbocycles. The van der Waals surface area contributed by atoms with Crippen LogP contribution in [0.1, 0.15) is 12.8 Å². The Morgan fingerprint density at radius 1 is 0.962 bits per heavy atom. The van der Waals surface area contributed by atoms with Gasteiger partial charge in [-0.05, 0) is 25.9 Å². The van der Waals surface area contributed by atoms with Gasteiger partial charge in [0.25, 0.3) is 0 Å². The molecule has 4 fully saturated rings. The maximum absolute atomic E-state index is 12.9. The number of aliphatic hydroxyl groups is 5. The second kappa shape index (κ2) is 8.57. The Balaban J connectivity index is 1.84. The predicted molar refractivity (Wildman–Crippen MR) is 90.4 cm³/mol. The average molecular weight is 374 g/mol. The normalized spacial score (nSPS) is 35.7. The molecule has 4 aliphatic heterocycles. The molecule has 9 heteroatoms. The van der Waals surface area contributed by atoms with Gasteiger partial charge >= 0.3 is 0 Å². The average Bonchev–Trinajstić information content (AvgIpc) is 2.69. The van der Waals surface area contributed by atoms with Crippen LogP contribution in [0, 0.1) is 5.92 Å². The van der Waals surface area contributed by atoms with Gasteiger partial charge in [0.05, 0.1) is 38.0 Å². The van der Waals surface area contributed by atoms with E-state index in [0.717, 1.165) is 25.9 Å². The molecule has 0 aliphatic carbocycles. The minimum atomic E-state index is -1.70. The molecule has 0 amide bonds. The number of piperidine rings is 3. The van der Waals surface area contributed by atoms with Crippen molar-refractivity contribution in [3.8, 4) is 0 Å². The van der Waals surface area contributed by atoms with Crippen LogP contribution in [0.2, 0.25) is 0 Å². The quantitative estimate of drug-likeness (QED) is 0.312. The second-order valence-corrected chi connectivity index (χ2v) is 7.52. The van der Waals surface area contributed by atoms with E-state index in [2.05, 4.69) is 0 Å². The lowest BCUT2D eigenvalue weighted by atomic mass is 9.76. The Labute approximate surface area is 152 Å². The van der Waals surface area contributed by atoms with Gasteiger partial charge in [-0.15, -0.1) is 0 Å². The van der Waals surface area contributed by atoms with Crippen LogP contribution >= 0.6 is 0 Å². The summed E-state index contributed by atoms with van der Waals surface area (Å²) < 4.78 is 5.36. The first kappa shape index (κ1) is 20.1. The number of nitrogens with zero attached hydrogens (tertiary/aromatic N) is 2. The summed E-state index contributed by atoms with van der Waals surface area (Å²) in [6.45, 7) is 2.75. The minimum absolute atomic E-state index is 0.0224. The third kappa shape index (κ3) is 3.81. The molecule has 9 nitrogen and oxygen atoms in total. The largest absolute Gasteiger partial charge is 0.394 e. The molecule has 2 bridgehead atoms. The van der Waals surface area contributed by atoms with E-state index in [1.165, 1.54) is 0 Å². The highest BCUT2D eigenvalue weighted by atomic mass is 16.5. The molecule has 4 saturated heterocycles. The number of Topliss-reactive ketones (excluding diaryl/α,β-unsaturated/α-hetero) is 1. The first-order chi connectivity index (χ1) is 12.5. The molecular weight excluding hydrogens is 344 g/mol. The van der Waals surface area contributed by atoms with Crippen molar-refractivity contribution >= 4 is 5.78 Å². The molecule has 0 aromatic carbocycles. The lowest BCUT2D eigenvalue weighted by Crippen LogP contribution is -2.69. The van der Waals surface area contributed by atoms with Crippen LogP contribution in [-0.4, -0.2) is 124 Å².